The summed E-state index contributed by atoms with van der Waals surface area (Å²) in [6, 6.07) is 0. The maximum absolute atomic E-state index is 11.6. The summed E-state index contributed by atoms with van der Waals surface area (Å²) in [7, 11) is 0. The molecule has 0 saturated heterocycles. The highest BCUT2D eigenvalue weighted by Crippen LogP contribution is 2.24. The molecule has 0 unspecified atom stereocenters. The number of ether oxygens (including phenoxy) is 1. The van der Waals surface area contributed by atoms with Gasteiger partial charge in [-0.15, -0.1) is 10.2 Å². The molecular weight excluding hydrogens is 290 g/mol. The van der Waals surface area contributed by atoms with Gasteiger partial charge in [0.1, 0.15) is 0 Å². The highest BCUT2D eigenvalue weighted by atomic mass is 32.2. The van der Waals surface area contributed by atoms with Crippen LogP contribution in [-0.2, 0) is 14.9 Å². The Labute approximate surface area is 130 Å². The minimum atomic E-state index is -0.177. The predicted molar refractivity (Wildman–Crippen MR) is 82.5 cm³/mol. The molecule has 0 aliphatic carbocycles. The lowest BCUT2D eigenvalue weighted by atomic mass is 9.97. The van der Waals surface area contributed by atoms with Gasteiger partial charge in [-0.25, -0.2) is 0 Å². The second-order valence-electron chi connectivity index (χ2n) is 5.73. The summed E-state index contributed by atoms with van der Waals surface area (Å²) in [4.78, 5) is 11.6. The third kappa shape index (κ3) is 7.47. The molecule has 0 atom stereocenters. The Morgan fingerprint density at radius 1 is 1.33 bits per heavy atom. The number of rotatable bonds is 9. The first-order valence-corrected chi connectivity index (χ1v) is 8.23. The van der Waals surface area contributed by atoms with E-state index in [0.29, 0.717) is 24.3 Å². The van der Waals surface area contributed by atoms with E-state index in [1.807, 2.05) is 20.8 Å². The van der Waals surface area contributed by atoms with E-state index in [2.05, 4.69) is 22.4 Å². The number of hydrogen-bond acceptors (Lipinski definition) is 6. The van der Waals surface area contributed by atoms with Crippen molar-refractivity contribution in [2.45, 2.75) is 51.2 Å². The summed E-state index contributed by atoms with van der Waals surface area (Å²) < 4.78 is 10.9. The van der Waals surface area contributed by atoms with E-state index in [1.54, 1.807) is 0 Å². The van der Waals surface area contributed by atoms with E-state index < -0.39 is 0 Å². The number of nitrogens with one attached hydrogen (secondary N) is 1. The van der Waals surface area contributed by atoms with Crippen LogP contribution >= 0.6 is 11.8 Å². The molecule has 120 valence electrons. The molecular formula is C14H25N3O3S. The molecule has 0 spiro atoms. The first-order valence-electron chi connectivity index (χ1n) is 7.24. The number of nitrogens with zero attached hydrogens (tertiary/aromatic N) is 2. The Bertz CT molecular complexity index is 429. The molecule has 1 rings (SSSR count). The van der Waals surface area contributed by atoms with E-state index in [0.717, 1.165) is 19.4 Å². The summed E-state index contributed by atoms with van der Waals surface area (Å²) in [5.74, 6) is 0.783. The van der Waals surface area contributed by atoms with Crippen LogP contribution in [0.1, 0.15) is 46.4 Å². The Kier molecular flexibility index (Phi) is 7.74. The number of unbranched alkanes of at least 4 members (excludes halogenated alkanes) is 1. The normalized spacial score (nSPS) is 11.6. The molecule has 0 aliphatic heterocycles. The molecule has 6 nitrogen and oxygen atoms in total. The van der Waals surface area contributed by atoms with Crippen LogP contribution in [0.2, 0.25) is 0 Å². The molecule has 1 aromatic heterocycles. The second-order valence-corrected chi connectivity index (χ2v) is 6.65. The Balaban J connectivity index is 2.17. The van der Waals surface area contributed by atoms with Crippen LogP contribution in [0.25, 0.3) is 0 Å². The van der Waals surface area contributed by atoms with Crippen LogP contribution in [0, 0.1) is 0 Å². The Hall–Kier alpha value is -1.08. The SMILES string of the molecule is CCCCOCCNC(=O)CSc1nnc(C(C)(C)C)o1. The maximum atomic E-state index is 11.6. The number of hydrogen-bond donors (Lipinski definition) is 1. The van der Waals surface area contributed by atoms with Crippen molar-refractivity contribution in [1.29, 1.82) is 0 Å². The number of thioether (sulfide) groups is 1. The van der Waals surface area contributed by atoms with Crippen molar-refractivity contribution in [3.63, 3.8) is 0 Å². The van der Waals surface area contributed by atoms with Crippen molar-refractivity contribution >= 4 is 17.7 Å². The minimum absolute atomic E-state index is 0.0606. The van der Waals surface area contributed by atoms with E-state index in [-0.39, 0.29) is 17.1 Å². The van der Waals surface area contributed by atoms with E-state index in [1.165, 1.54) is 11.8 Å². The number of amides is 1. The highest BCUT2D eigenvalue weighted by molar-refractivity contribution is 7.99. The molecule has 0 radical (unpaired) electrons. The van der Waals surface area contributed by atoms with E-state index in [4.69, 9.17) is 9.15 Å². The first kappa shape index (κ1) is 18.0. The Morgan fingerprint density at radius 3 is 2.71 bits per heavy atom. The predicted octanol–water partition coefficient (Wildman–Crippen LogP) is 2.39. The van der Waals surface area contributed by atoms with Gasteiger partial charge in [-0.05, 0) is 6.42 Å². The molecule has 0 fully saturated rings. The van der Waals surface area contributed by atoms with Crippen LogP contribution in [0.3, 0.4) is 0 Å². The van der Waals surface area contributed by atoms with Gasteiger partial charge in [0.2, 0.25) is 11.8 Å². The minimum Gasteiger partial charge on any atom is -0.415 e. The van der Waals surface area contributed by atoms with E-state index in [9.17, 15) is 4.79 Å². The maximum Gasteiger partial charge on any atom is 0.277 e. The molecule has 0 saturated carbocycles. The van der Waals surface area contributed by atoms with Crippen LogP contribution in [0.5, 0.6) is 0 Å². The first-order chi connectivity index (χ1) is 9.93. The number of aromatic nitrogens is 2. The zero-order chi connectivity index (χ0) is 15.7. The molecule has 0 bridgehead atoms. The number of carbonyl (C=O) groups is 1. The average molecular weight is 315 g/mol. The Morgan fingerprint density at radius 2 is 2.10 bits per heavy atom. The molecule has 1 heterocycles. The lowest BCUT2D eigenvalue weighted by Crippen LogP contribution is -2.28. The lowest BCUT2D eigenvalue weighted by Gasteiger charge is -2.10. The molecule has 0 aliphatic rings. The van der Waals surface area contributed by atoms with E-state index >= 15 is 0 Å². The highest BCUT2D eigenvalue weighted by Gasteiger charge is 2.21. The van der Waals surface area contributed by atoms with Gasteiger partial charge in [0.25, 0.3) is 5.22 Å². The standard InChI is InChI=1S/C14H25N3O3S/c1-5-6-8-19-9-7-15-11(18)10-21-13-17-16-12(20-13)14(2,3)4/h5-10H2,1-4H3,(H,15,18). The van der Waals surface area contributed by atoms with Crippen LogP contribution < -0.4 is 5.32 Å². The van der Waals surface area contributed by atoms with Gasteiger partial charge in [0.15, 0.2) is 0 Å². The monoisotopic (exact) mass is 315 g/mol. The molecule has 1 N–H and O–H groups in total. The largest absolute Gasteiger partial charge is 0.415 e. The molecule has 7 heteroatoms. The van der Waals surface area contributed by atoms with Crippen LogP contribution in [-0.4, -0.2) is 41.6 Å². The van der Waals surface area contributed by atoms with Gasteiger partial charge < -0.3 is 14.5 Å². The average Bonchev–Trinajstić information content (AvgIpc) is 2.89. The number of carbonyl (C=O) groups excluding carboxylic acids is 1. The van der Waals surface area contributed by atoms with Crippen molar-refractivity contribution in [3.05, 3.63) is 5.89 Å². The summed E-state index contributed by atoms with van der Waals surface area (Å²) in [5, 5.41) is 11.1. The smallest absolute Gasteiger partial charge is 0.277 e. The van der Waals surface area contributed by atoms with Crippen molar-refractivity contribution in [2.75, 3.05) is 25.5 Å². The summed E-state index contributed by atoms with van der Waals surface area (Å²) in [6.07, 6.45) is 2.17. The van der Waals surface area contributed by atoms with Gasteiger partial charge >= 0.3 is 0 Å². The van der Waals surface area contributed by atoms with Crippen molar-refractivity contribution < 1.29 is 13.9 Å². The fraction of sp³-hybridized carbons (Fsp3) is 0.786. The molecule has 1 amide bonds. The molecule has 0 aromatic carbocycles. The quantitative estimate of drug-likeness (QED) is 0.557. The topological polar surface area (TPSA) is 77.2 Å². The fourth-order valence-electron chi connectivity index (χ4n) is 1.36. The summed E-state index contributed by atoms with van der Waals surface area (Å²) in [5.41, 5.74) is -0.177. The summed E-state index contributed by atoms with van der Waals surface area (Å²) >= 11 is 1.24. The molecule has 1 aromatic rings. The van der Waals surface area contributed by atoms with Gasteiger partial charge in [0.05, 0.1) is 12.4 Å². The third-order valence-electron chi connectivity index (χ3n) is 2.59. The van der Waals surface area contributed by atoms with Gasteiger partial charge in [-0.1, -0.05) is 45.9 Å². The zero-order valence-electron chi connectivity index (χ0n) is 13.3. The second kappa shape index (κ2) is 9.04. The summed E-state index contributed by atoms with van der Waals surface area (Å²) in [6.45, 7) is 9.94. The third-order valence-corrected chi connectivity index (χ3v) is 3.40. The fourth-order valence-corrected chi connectivity index (χ4v) is 1.95. The van der Waals surface area contributed by atoms with Crippen molar-refractivity contribution in [2.24, 2.45) is 0 Å². The van der Waals surface area contributed by atoms with Crippen molar-refractivity contribution in [1.82, 2.24) is 15.5 Å². The van der Waals surface area contributed by atoms with Gasteiger partial charge in [-0.3, -0.25) is 4.79 Å². The van der Waals surface area contributed by atoms with Gasteiger partial charge in [0, 0.05) is 18.6 Å². The zero-order valence-corrected chi connectivity index (χ0v) is 14.1. The van der Waals surface area contributed by atoms with Crippen LogP contribution in [0.15, 0.2) is 9.64 Å². The van der Waals surface area contributed by atoms with Crippen molar-refractivity contribution in [3.8, 4) is 0 Å². The lowest BCUT2D eigenvalue weighted by molar-refractivity contribution is -0.118. The van der Waals surface area contributed by atoms with Gasteiger partial charge in [-0.2, -0.15) is 0 Å². The van der Waals surface area contributed by atoms with Crippen LogP contribution in [0.4, 0.5) is 0 Å². The molecule has 21 heavy (non-hydrogen) atoms.